The van der Waals surface area contributed by atoms with E-state index in [1.54, 1.807) is 24.5 Å². The molecule has 7 nitrogen and oxygen atoms in total. The van der Waals surface area contributed by atoms with E-state index in [9.17, 15) is 4.79 Å². The van der Waals surface area contributed by atoms with E-state index in [1.165, 1.54) is 17.7 Å². The molecule has 4 N–H and O–H groups in total. The van der Waals surface area contributed by atoms with Gasteiger partial charge in [-0.2, -0.15) is 4.98 Å². The molecule has 182 valence electrons. The van der Waals surface area contributed by atoms with Crippen LogP contribution in [-0.2, 0) is 4.79 Å². The Hall–Kier alpha value is -3.39. The van der Waals surface area contributed by atoms with Crippen LogP contribution in [0.4, 0.5) is 11.8 Å². The number of aromatic nitrogens is 3. The highest BCUT2D eigenvalue weighted by Gasteiger charge is 2.21. The van der Waals surface area contributed by atoms with Gasteiger partial charge in [-0.05, 0) is 61.3 Å². The molecule has 0 radical (unpaired) electrons. The van der Waals surface area contributed by atoms with Crippen LogP contribution in [0.3, 0.4) is 0 Å². The number of nitrogen functional groups attached to an aromatic ring is 1. The Morgan fingerprint density at radius 1 is 1.09 bits per heavy atom. The largest absolute Gasteiger partial charge is 0.368 e. The number of nitrogens with zero attached hydrogens (tertiary/aromatic N) is 3. The van der Waals surface area contributed by atoms with Gasteiger partial charge >= 0.3 is 0 Å². The molecule has 0 atom stereocenters. The molecule has 1 fully saturated rings. The van der Waals surface area contributed by atoms with Gasteiger partial charge in [-0.1, -0.05) is 31.0 Å². The molecular weight excluding hydrogens is 456 g/mol. The van der Waals surface area contributed by atoms with Gasteiger partial charge in [0.25, 0.3) is 0 Å². The Kier molecular flexibility index (Phi) is 9.11. The Bertz CT molecular complexity index is 1130. The van der Waals surface area contributed by atoms with E-state index in [0.29, 0.717) is 18.5 Å². The fourth-order valence-corrected chi connectivity index (χ4v) is 4.53. The Labute approximate surface area is 211 Å². The van der Waals surface area contributed by atoms with E-state index in [2.05, 4.69) is 49.9 Å². The summed E-state index contributed by atoms with van der Waals surface area (Å²) >= 11 is 1.86. The molecule has 1 aliphatic rings. The number of carbonyl (C=O) groups excluding carboxylic acids is 1. The summed E-state index contributed by atoms with van der Waals surface area (Å²) in [7, 11) is 0. The van der Waals surface area contributed by atoms with E-state index in [4.69, 9.17) is 5.73 Å². The van der Waals surface area contributed by atoms with Gasteiger partial charge in [0.1, 0.15) is 5.82 Å². The summed E-state index contributed by atoms with van der Waals surface area (Å²) in [6.45, 7) is 0.699. The molecule has 1 aliphatic carbocycles. The Morgan fingerprint density at radius 2 is 1.97 bits per heavy atom. The van der Waals surface area contributed by atoms with Crippen LogP contribution in [-0.4, -0.2) is 39.2 Å². The van der Waals surface area contributed by atoms with E-state index >= 15 is 0 Å². The highest BCUT2D eigenvalue weighted by Crippen LogP contribution is 2.29. The third-order valence-corrected chi connectivity index (χ3v) is 6.63. The van der Waals surface area contributed by atoms with Crippen molar-refractivity contribution in [2.24, 2.45) is 0 Å². The summed E-state index contributed by atoms with van der Waals surface area (Å²) in [4.78, 5) is 25.9. The third kappa shape index (κ3) is 8.72. The van der Waals surface area contributed by atoms with Gasteiger partial charge in [0.2, 0.25) is 11.9 Å². The molecule has 2 heterocycles. The lowest BCUT2D eigenvalue weighted by Gasteiger charge is -2.09. The highest BCUT2D eigenvalue weighted by atomic mass is 32.2. The van der Waals surface area contributed by atoms with Crippen molar-refractivity contribution in [3.05, 3.63) is 66.5 Å². The number of hydrogen-bond acceptors (Lipinski definition) is 7. The first-order chi connectivity index (χ1) is 17.2. The van der Waals surface area contributed by atoms with Gasteiger partial charge < -0.3 is 16.4 Å². The molecule has 0 bridgehead atoms. The lowest BCUT2D eigenvalue weighted by molar-refractivity contribution is -0.116. The van der Waals surface area contributed by atoms with Gasteiger partial charge in [-0.15, -0.1) is 11.8 Å². The number of anilines is 2. The maximum Gasteiger partial charge on any atom is 0.243 e. The normalized spacial score (nSPS) is 13.1. The molecule has 2 aromatic heterocycles. The first kappa shape index (κ1) is 24.7. The van der Waals surface area contributed by atoms with Crippen LogP contribution in [0.5, 0.6) is 0 Å². The van der Waals surface area contributed by atoms with Crippen molar-refractivity contribution < 1.29 is 4.79 Å². The standard InChI is InChI=1S/C27H32N6OS/c28-27-32-24(18-25(33-27)31-22-11-12-22)21-8-5-9-23(17-21)35-16-4-2-1-3-15-30-26(34)13-10-20-7-6-14-29-19-20/h5-10,13-14,17-19,22H,1-4,11-12,15-16H2,(H,30,34)(H3,28,31,32,33)/b13-10+. The van der Waals surface area contributed by atoms with E-state index < -0.39 is 0 Å². The molecule has 0 spiro atoms. The number of thioether (sulfide) groups is 1. The quantitative estimate of drug-likeness (QED) is 0.173. The lowest BCUT2D eigenvalue weighted by Crippen LogP contribution is -2.21. The molecule has 0 aliphatic heterocycles. The van der Waals surface area contributed by atoms with Crippen molar-refractivity contribution in [2.45, 2.75) is 49.5 Å². The monoisotopic (exact) mass is 488 g/mol. The molecule has 0 saturated heterocycles. The Morgan fingerprint density at radius 3 is 2.80 bits per heavy atom. The second-order valence-corrected chi connectivity index (χ2v) is 9.78. The van der Waals surface area contributed by atoms with Crippen LogP contribution in [0, 0.1) is 0 Å². The second kappa shape index (κ2) is 12.9. The lowest BCUT2D eigenvalue weighted by atomic mass is 10.1. The van der Waals surface area contributed by atoms with Crippen molar-refractivity contribution >= 4 is 35.5 Å². The van der Waals surface area contributed by atoms with Crippen molar-refractivity contribution in [2.75, 3.05) is 23.3 Å². The van der Waals surface area contributed by atoms with Crippen LogP contribution < -0.4 is 16.4 Å². The molecule has 1 aromatic carbocycles. The molecule has 0 unspecified atom stereocenters. The van der Waals surface area contributed by atoms with Gasteiger partial charge in [-0.25, -0.2) is 4.98 Å². The molecule has 3 aromatic rings. The summed E-state index contributed by atoms with van der Waals surface area (Å²) in [5.41, 5.74) is 8.76. The number of amides is 1. The smallest absolute Gasteiger partial charge is 0.243 e. The summed E-state index contributed by atoms with van der Waals surface area (Å²) in [5.74, 6) is 2.09. The van der Waals surface area contributed by atoms with Crippen molar-refractivity contribution in [3.8, 4) is 11.3 Å². The van der Waals surface area contributed by atoms with Gasteiger partial charge in [-0.3, -0.25) is 9.78 Å². The average Bonchev–Trinajstić information content (AvgIpc) is 3.69. The molecule has 1 amide bonds. The maximum atomic E-state index is 11.9. The van der Waals surface area contributed by atoms with Gasteiger partial charge in [0.05, 0.1) is 5.69 Å². The average molecular weight is 489 g/mol. The highest BCUT2D eigenvalue weighted by molar-refractivity contribution is 7.99. The maximum absolute atomic E-state index is 11.9. The number of unbranched alkanes of at least 4 members (excludes halogenated alkanes) is 3. The number of nitrogens with one attached hydrogen (secondary N) is 2. The third-order valence-electron chi connectivity index (χ3n) is 5.55. The molecular formula is C27H32N6OS. The number of carbonyl (C=O) groups is 1. The number of benzene rings is 1. The van der Waals surface area contributed by atoms with Crippen LogP contribution >= 0.6 is 11.8 Å². The first-order valence-corrected chi connectivity index (χ1v) is 13.1. The molecule has 1 saturated carbocycles. The minimum absolute atomic E-state index is 0.0647. The predicted octanol–water partition coefficient (Wildman–Crippen LogP) is 5.18. The van der Waals surface area contributed by atoms with Crippen LogP contribution in [0.25, 0.3) is 17.3 Å². The van der Waals surface area contributed by atoms with Crippen molar-refractivity contribution in [1.29, 1.82) is 0 Å². The molecule has 8 heteroatoms. The minimum atomic E-state index is -0.0647. The molecule has 35 heavy (non-hydrogen) atoms. The van der Waals surface area contributed by atoms with Crippen LogP contribution in [0.2, 0.25) is 0 Å². The second-order valence-electron chi connectivity index (χ2n) is 8.62. The summed E-state index contributed by atoms with van der Waals surface area (Å²) in [6.07, 6.45) is 13.5. The number of pyridine rings is 1. The zero-order chi connectivity index (χ0) is 24.3. The summed E-state index contributed by atoms with van der Waals surface area (Å²) < 4.78 is 0. The fourth-order valence-electron chi connectivity index (χ4n) is 3.56. The SMILES string of the molecule is Nc1nc(NC2CC2)cc(-c2cccc(SCCCCCCNC(=O)/C=C/c3cccnc3)c2)n1. The van der Waals surface area contributed by atoms with E-state index in [0.717, 1.165) is 54.1 Å². The topological polar surface area (TPSA) is 106 Å². The Balaban J connectivity index is 1.12. The number of rotatable bonds is 13. The zero-order valence-electron chi connectivity index (χ0n) is 19.8. The van der Waals surface area contributed by atoms with Crippen molar-refractivity contribution in [3.63, 3.8) is 0 Å². The fraction of sp³-hybridized carbons (Fsp3) is 0.333. The summed E-state index contributed by atoms with van der Waals surface area (Å²) in [5, 5.41) is 6.34. The van der Waals surface area contributed by atoms with Crippen LogP contribution in [0.1, 0.15) is 44.1 Å². The summed E-state index contributed by atoms with van der Waals surface area (Å²) in [6, 6.07) is 14.7. The van der Waals surface area contributed by atoms with Gasteiger partial charge in [0, 0.05) is 47.6 Å². The van der Waals surface area contributed by atoms with Crippen LogP contribution in [0.15, 0.2) is 65.8 Å². The minimum Gasteiger partial charge on any atom is -0.368 e. The van der Waals surface area contributed by atoms with E-state index in [1.807, 2.05) is 30.0 Å². The van der Waals surface area contributed by atoms with E-state index in [-0.39, 0.29) is 5.91 Å². The number of nitrogens with two attached hydrogens (primary N) is 1. The van der Waals surface area contributed by atoms with Crippen molar-refractivity contribution in [1.82, 2.24) is 20.3 Å². The first-order valence-electron chi connectivity index (χ1n) is 12.2. The molecule has 4 rings (SSSR count). The van der Waals surface area contributed by atoms with Gasteiger partial charge in [0.15, 0.2) is 0 Å². The number of hydrogen-bond donors (Lipinski definition) is 3. The predicted molar refractivity (Wildman–Crippen MR) is 144 cm³/mol. The zero-order valence-corrected chi connectivity index (χ0v) is 20.6.